The van der Waals surface area contributed by atoms with Crippen molar-refractivity contribution in [1.82, 2.24) is 0 Å². The van der Waals surface area contributed by atoms with Crippen molar-refractivity contribution in [3.8, 4) is 0 Å². The van der Waals surface area contributed by atoms with Crippen LogP contribution in [0.3, 0.4) is 0 Å². The Balaban J connectivity index is 1.66. The standard InChI is InChI=1S/C22H36O3/c1-13(23)18-6-7-20-17-5-4-15-12-16(25)8-10-21(15,3)19(17)9-11-22(18,20)14(2)24/h13,15-20,23,25H,4-12H2,1-3H3/t13-,15+,16-,17-,18?,19+,20+,21+,22?/m1/s1. The molecule has 4 aliphatic rings. The van der Waals surface area contributed by atoms with Crippen LogP contribution in [0.5, 0.6) is 0 Å². The lowest BCUT2D eigenvalue weighted by atomic mass is 9.44. The summed E-state index contributed by atoms with van der Waals surface area (Å²) < 4.78 is 0. The summed E-state index contributed by atoms with van der Waals surface area (Å²) in [5, 5.41) is 20.5. The number of fused-ring (bicyclic) bond motifs is 5. The van der Waals surface area contributed by atoms with Gasteiger partial charge in [0, 0.05) is 5.41 Å². The molecular weight excluding hydrogens is 312 g/mol. The Morgan fingerprint density at radius 2 is 1.80 bits per heavy atom. The maximum atomic E-state index is 12.9. The van der Waals surface area contributed by atoms with Crippen molar-refractivity contribution >= 4 is 5.78 Å². The average molecular weight is 349 g/mol. The van der Waals surface area contributed by atoms with Gasteiger partial charge in [-0.15, -0.1) is 0 Å². The Morgan fingerprint density at radius 3 is 2.48 bits per heavy atom. The Morgan fingerprint density at radius 1 is 1.04 bits per heavy atom. The van der Waals surface area contributed by atoms with Gasteiger partial charge in [0.15, 0.2) is 0 Å². The molecule has 9 atom stereocenters. The van der Waals surface area contributed by atoms with E-state index in [1.165, 1.54) is 12.8 Å². The molecule has 0 aromatic heterocycles. The summed E-state index contributed by atoms with van der Waals surface area (Å²) in [5.74, 6) is 3.01. The van der Waals surface area contributed by atoms with Crippen molar-refractivity contribution in [3.63, 3.8) is 0 Å². The molecule has 2 N–H and O–H groups in total. The minimum atomic E-state index is -0.373. The van der Waals surface area contributed by atoms with Crippen LogP contribution < -0.4 is 0 Å². The van der Waals surface area contributed by atoms with Crippen LogP contribution in [0.1, 0.15) is 78.6 Å². The van der Waals surface area contributed by atoms with Gasteiger partial charge in [0.25, 0.3) is 0 Å². The predicted octanol–water partition coefficient (Wildman–Crippen LogP) is 3.96. The lowest BCUT2D eigenvalue weighted by Gasteiger charge is -2.61. The summed E-state index contributed by atoms with van der Waals surface area (Å²) in [7, 11) is 0. The molecule has 0 amide bonds. The van der Waals surface area contributed by atoms with Gasteiger partial charge in [0.05, 0.1) is 12.2 Å². The van der Waals surface area contributed by atoms with Crippen molar-refractivity contribution in [1.29, 1.82) is 0 Å². The highest BCUT2D eigenvalue weighted by Crippen LogP contribution is 2.68. The molecule has 0 aromatic rings. The molecule has 25 heavy (non-hydrogen) atoms. The van der Waals surface area contributed by atoms with Gasteiger partial charge in [-0.1, -0.05) is 6.92 Å². The zero-order valence-corrected chi connectivity index (χ0v) is 16.2. The van der Waals surface area contributed by atoms with E-state index in [0.29, 0.717) is 34.9 Å². The normalized spacial score (nSPS) is 53.5. The molecule has 0 saturated heterocycles. The maximum Gasteiger partial charge on any atom is 0.136 e. The van der Waals surface area contributed by atoms with Gasteiger partial charge in [-0.2, -0.15) is 0 Å². The molecule has 3 nitrogen and oxygen atoms in total. The number of hydrogen-bond acceptors (Lipinski definition) is 3. The molecule has 142 valence electrons. The number of rotatable bonds is 2. The third-order valence-electron chi connectivity index (χ3n) is 9.45. The molecule has 0 radical (unpaired) electrons. The number of carbonyl (C=O) groups excluding carboxylic acids is 1. The van der Waals surface area contributed by atoms with E-state index in [1.54, 1.807) is 6.92 Å². The number of aliphatic hydroxyl groups excluding tert-OH is 2. The number of Topliss-reactive ketones (excluding diaryl/α,β-unsaturated/α-hetero) is 1. The molecule has 0 aromatic carbocycles. The SMILES string of the molecule is CC(=O)C12CC[C@H]3[C@@H](CC[C@H]4C[C@H](O)CC[C@@]43C)[C@@H]1CCC2[C@@H](C)O. The van der Waals surface area contributed by atoms with E-state index in [0.717, 1.165) is 44.9 Å². The van der Waals surface area contributed by atoms with Gasteiger partial charge in [0.1, 0.15) is 5.78 Å². The highest BCUT2D eigenvalue weighted by atomic mass is 16.3. The Kier molecular flexibility index (Phi) is 4.35. The summed E-state index contributed by atoms with van der Waals surface area (Å²) in [6.07, 6.45) is 9.34. The maximum absolute atomic E-state index is 12.9. The van der Waals surface area contributed by atoms with Crippen LogP contribution in [0.4, 0.5) is 0 Å². The van der Waals surface area contributed by atoms with Crippen molar-refractivity contribution in [2.24, 2.45) is 40.4 Å². The lowest BCUT2D eigenvalue weighted by molar-refractivity contribution is -0.158. The number of carbonyl (C=O) groups is 1. The molecule has 0 heterocycles. The predicted molar refractivity (Wildman–Crippen MR) is 97.9 cm³/mol. The largest absolute Gasteiger partial charge is 0.393 e. The molecule has 4 fully saturated rings. The van der Waals surface area contributed by atoms with Crippen molar-refractivity contribution < 1.29 is 15.0 Å². The third-order valence-corrected chi connectivity index (χ3v) is 9.45. The molecule has 0 aliphatic heterocycles. The van der Waals surface area contributed by atoms with E-state index in [2.05, 4.69) is 6.92 Å². The molecule has 4 aliphatic carbocycles. The topological polar surface area (TPSA) is 57.5 Å². The molecule has 2 unspecified atom stereocenters. The summed E-state index contributed by atoms with van der Waals surface area (Å²) >= 11 is 0. The zero-order valence-electron chi connectivity index (χ0n) is 16.2. The van der Waals surface area contributed by atoms with Crippen LogP contribution in [-0.4, -0.2) is 28.2 Å². The van der Waals surface area contributed by atoms with E-state index in [9.17, 15) is 15.0 Å². The van der Waals surface area contributed by atoms with Crippen molar-refractivity contribution in [2.75, 3.05) is 0 Å². The second-order valence-electron chi connectivity index (χ2n) is 10.1. The Bertz CT molecular complexity index is 543. The fourth-order valence-corrected chi connectivity index (χ4v) is 8.32. The van der Waals surface area contributed by atoms with Crippen LogP contribution in [0.2, 0.25) is 0 Å². The summed E-state index contributed by atoms with van der Waals surface area (Å²) in [5.41, 5.74) is 0.0979. The smallest absolute Gasteiger partial charge is 0.136 e. The van der Waals surface area contributed by atoms with E-state index in [4.69, 9.17) is 0 Å². The zero-order chi connectivity index (χ0) is 18.0. The molecule has 4 saturated carbocycles. The molecule has 3 heteroatoms. The van der Waals surface area contributed by atoms with Gasteiger partial charge < -0.3 is 10.2 Å². The van der Waals surface area contributed by atoms with Gasteiger partial charge in [-0.25, -0.2) is 0 Å². The van der Waals surface area contributed by atoms with Crippen LogP contribution in [0.15, 0.2) is 0 Å². The molecular formula is C22H36O3. The highest BCUT2D eigenvalue weighted by molar-refractivity contribution is 5.83. The van der Waals surface area contributed by atoms with E-state index >= 15 is 0 Å². The molecule has 4 rings (SSSR count). The Hall–Kier alpha value is -0.410. The van der Waals surface area contributed by atoms with Gasteiger partial charge in [0.2, 0.25) is 0 Å². The van der Waals surface area contributed by atoms with Gasteiger partial charge in [-0.3, -0.25) is 4.79 Å². The number of ketones is 1. The van der Waals surface area contributed by atoms with Crippen molar-refractivity contribution in [3.05, 3.63) is 0 Å². The first-order valence-electron chi connectivity index (χ1n) is 10.7. The summed E-state index contributed by atoms with van der Waals surface area (Å²) in [4.78, 5) is 12.9. The van der Waals surface area contributed by atoms with E-state index in [-0.39, 0.29) is 23.5 Å². The first-order valence-corrected chi connectivity index (χ1v) is 10.7. The van der Waals surface area contributed by atoms with Gasteiger partial charge in [-0.05, 0) is 107 Å². The quantitative estimate of drug-likeness (QED) is 0.794. The fraction of sp³-hybridized carbons (Fsp3) is 0.955. The van der Waals surface area contributed by atoms with E-state index in [1.807, 2.05) is 6.92 Å². The van der Waals surface area contributed by atoms with Crippen LogP contribution in [0.25, 0.3) is 0 Å². The van der Waals surface area contributed by atoms with Crippen molar-refractivity contribution in [2.45, 2.75) is 90.8 Å². The number of aliphatic hydroxyl groups is 2. The van der Waals surface area contributed by atoms with Crippen LogP contribution in [0, 0.1) is 40.4 Å². The number of hydrogen-bond donors (Lipinski definition) is 2. The fourth-order valence-electron chi connectivity index (χ4n) is 8.32. The first kappa shape index (κ1) is 18.0. The summed E-state index contributed by atoms with van der Waals surface area (Å²) in [6.45, 7) is 6.17. The summed E-state index contributed by atoms with van der Waals surface area (Å²) in [6, 6.07) is 0. The minimum absolute atomic E-state index is 0.0966. The minimum Gasteiger partial charge on any atom is -0.393 e. The first-order chi connectivity index (χ1) is 11.8. The molecule has 0 bridgehead atoms. The molecule has 0 spiro atoms. The third kappa shape index (κ3) is 2.41. The van der Waals surface area contributed by atoms with Crippen LogP contribution in [-0.2, 0) is 4.79 Å². The highest BCUT2D eigenvalue weighted by Gasteiger charge is 2.63. The van der Waals surface area contributed by atoms with Gasteiger partial charge >= 0.3 is 0 Å². The monoisotopic (exact) mass is 348 g/mol. The second kappa shape index (κ2) is 6.05. The lowest BCUT2D eigenvalue weighted by Crippen LogP contribution is -2.56. The Labute approximate surface area is 152 Å². The van der Waals surface area contributed by atoms with E-state index < -0.39 is 0 Å². The van der Waals surface area contributed by atoms with Crippen LogP contribution >= 0.6 is 0 Å². The average Bonchev–Trinajstić information content (AvgIpc) is 2.96. The second-order valence-corrected chi connectivity index (χ2v) is 10.1.